The molecule has 0 bridgehead atoms. The van der Waals surface area contributed by atoms with Crippen molar-refractivity contribution < 1.29 is 19.5 Å². The Hall–Kier alpha value is -1.79. The van der Waals surface area contributed by atoms with Gasteiger partial charge < -0.3 is 21.1 Å². The van der Waals surface area contributed by atoms with Crippen LogP contribution in [0.25, 0.3) is 0 Å². The Morgan fingerprint density at radius 2 is 1.95 bits per heavy atom. The molecule has 2 unspecified atom stereocenters. The molecule has 20 heavy (non-hydrogen) atoms. The molecule has 3 amide bonds. The molecular formula is C13H23N3O4. The Morgan fingerprint density at radius 1 is 1.35 bits per heavy atom. The lowest BCUT2D eigenvalue weighted by atomic mass is 9.92. The quantitative estimate of drug-likeness (QED) is 0.693. The highest BCUT2D eigenvalue weighted by atomic mass is 16.4. The topological polar surface area (TPSA) is 113 Å². The summed E-state index contributed by atoms with van der Waals surface area (Å²) in [6.45, 7) is 5.31. The molecule has 1 heterocycles. The number of rotatable bonds is 4. The smallest absolute Gasteiger partial charge is 0.317 e. The summed E-state index contributed by atoms with van der Waals surface area (Å²) in [4.78, 5) is 35.9. The number of hydrogen-bond donors (Lipinski definition) is 3. The largest absolute Gasteiger partial charge is 0.481 e. The molecule has 1 aliphatic heterocycles. The highest BCUT2D eigenvalue weighted by Gasteiger charge is 2.33. The minimum absolute atomic E-state index is 0.0125. The Labute approximate surface area is 118 Å². The van der Waals surface area contributed by atoms with Gasteiger partial charge in [0.05, 0.1) is 11.3 Å². The minimum Gasteiger partial charge on any atom is -0.481 e. The monoisotopic (exact) mass is 285 g/mol. The molecule has 7 nitrogen and oxygen atoms in total. The lowest BCUT2D eigenvalue weighted by Gasteiger charge is -2.37. The van der Waals surface area contributed by atoms with E-state index in [-0.39, 0.29) is 31.1 Å². The first-order valence-electron chi connectivity index (χ1n) is 6.72. The number of carboxylic acids is 1. The molecule has 114 valence electrons. The van der Waals surface area contributed by atoms with Gasteiger partial charge in [-0.15, -0.1) is 0 Å². The van der Waals surface area contributed by atoms with E-state index in [4.69, 9.17) is 10.8 Å². The Balaban J connectivity index is 2.61. The Bertz CT molecular complexity index is 408. The van der Waals surface area contributed by atoms with Crippen molar-refractivity contribution in [3.05, 3.63) is 0 Å². The van der Waals surface area contributed by atoms with Gasteiger partial charge in [0, 0.05) is 19.1 Å². The maximum atomic E-state index is 12.1. The van der Waals surface area contributed by atoms with Crippen LogP contribution in [-0.2, 0) is 9.59 Å². The molecule has 1 aliphatic rings. The van der Waals surface area contributed by atoms with Gasteiger partial charge in [0.15, 0.2) is 0 Å². The average Bonchev–Trinajstić information content (AvgIpc) is 2.36. The van der Waals surface area contributed by atoms with Crippen LogP contribution in [0.2, 0.25) is 0 Å². The fourth-order valence-electron chi connectivity index (χ4n) is 2.10. The van der Waals surface area contributed by atoms with Gasteiger partial charge in [-0.25, -0.2) is 4.79 Å². The predicted octanol–water partition coefficient (Wildman–Crippen LogP) is 0.393. The predicted molar refractivity (Wildman–Crippen MR) is 72.9 cm³/mol. The second-order valence-corrected chi connectivity index (χ2v) is 6.03. The van der Waals surface area contributed by atoms with Crippen molar-refractivity contribution in [3.8, 4) is 0 Å². The van der Waals surface area contributed by atoms with Crippen LogP contribution in [0.4, 0.5) is 4.79 Å². The van der Waals surface area contributed by atoms with E-state index in [0.29, 0.717) is 12.8 Å². The Morgan fingerprint density at radius 3 is 2.45 bits per heavy atom. The normalized spacial score (nSPS) is 23.2. The average molecular weight is 285 g/mol. The van der Waals surface area contributed by atoms with E-state index in [0.717, 1.165) is 0 Å². The second kappa shape index (κ2) is 6.11. The molecule has 0 spiro atoms. The van der Waals surface area contributed by atoms with Gasteiger partial charge in [-0.2, -0.15) is 0 Å². The van der Waals surface area contributed by atoms with E-state index in [1.807, 2.05) is 6.92 Å². The zero-order valence-corrected chi connectivity index (χ0v) is 12.2. The van der Waals surface area contributed by atoms with E-state index in [1.165, 1.54) is 0 Å². The first-order chi connectivity index (χ1) is 9.15. The number of aliphatic carboxylic acids is 1. The van der Waals surface area contributed by atoms with Crippen molar-refractivity contribution in [2.24, 2.45) is 17.1 Å². The fourth-order valence-corrected chi connectivity index (χ4v) is 2.10. The maximum absolute atomic E-state index is 12.1. The molecule has 1 rings (SSSR count). The number of carboxylic acid groups (broad SMARTS) is 1. The van der Waals surface area contributed by atoms with Crippen molar-refractivity contribution in [2.45, 2.75) is 39.7 Å². The number of hydrogen-bond acceptors (Lipinski definition) is 3. The first kappa shape index (κ1) is 16.3. The summed E-state index contributed by atoms with van der Waals surface area (Å²) in [5.74, 6) is -1.70. The molecule has 0 radical (unpaired) electrons. The van der Waals surface area contributed by atoms with Crippen molar-refractivity contribution in [1.82, 2.24) is 10.2 Å². The lowest BCUT2D eigenvalue weighted by Crippen LogP contribution is -2.53. The van der Waals surface area contributed by atoms with Crippen molar-refractivity contribution >= 4 is 17.9 Å². The molecular weight excluding hydrogens is 262 g/mol. The standard InChI is InChI=1S/C13H23N3O4/c1-8-4-5-9(10(14)17)6-16(8)12(20)15-7-13(2,3)11(18)19/h8-9H,4-7H2,1-3H3,(H2,14,17)(H,15,20)(H,18,19). The van der Waals surface area contributed by atoms with Gasteiger partial charge in [-0.3, -0.25) is 9.59 Å². The van der Waals surface area contributed by atoms with Gasteiger partial charge in [-0.1, -0.05) is 0 Å². The number of piperidine rings is 1. The van der Waals surface area contributed by atoms with Crippen LogP contribution < -0.4 is 11.1 Å². The molecule has 0 aromatic rings. The van der Waals surface area contributed by atoms with Crippen molar-refractivity contribution in [3.63, 3.8) is 0 Å². The lowest BCUT2D eigenvalue weighted by molar-refractivity contribution is -0.146. The summed E-state index contributed by atoms with van der Waals surface area (Å²) in [6, 6.07) is -0.337. The number of primary amides is 1. The van der Waals surface area contributed by atoms with Gasteiger partial charge in [0.1, 0.15) is 0 Å². The Kier molecular flexibility index (Phi) is 4.97. The molecule has 7 heteroatoms. The molecule has 2 atom stereocenters. The number of nitrogens with one attached hydrogen (secondary N) is 1. The summed E-state index contributed by atoms with van der Waals surface area (Å²) in [5, 5.41) is 11.6. The molecule has 0 saturated carbocycles. The first-order valence-corrected chi connectivity index (χ1v) is 6.72. The van der Waals surface area contributed by atoms with E-state index in [9.17, 15) is 14.4 Å². The highest BCUT2D eigenvalue weighted by Crippen LogP contribution is 2.22. The molecule has 1 saturated heterocycles. The number of carbonyl (C=O) groups excluding carboxylic acids is 2. The second-order valence-electron chi connectivity index (χ2n) is 6.03. The summed E-state index contributed by atoms with van der Waals surface area (Å²) in [5.41, 5.74) is 4.25. The van der Waals surface area contributed by atoms with E-state index in [1.54, 1.807) is 18.7 Å². The summed E-state index contributed by atoms with van der Waals surface area (Å²) in [7, 11) is 0. The molecule has 0 aromatic carbocycles. The number of carbonyl (C=O) groups is 3. The van der Waals surface area contributed by atoms with Crippen molar-refractivity contribution in [2.75, 3.05) is 13.1 Å². The zero-order chi connectivity index (χ0) is 15.5. The van der Waals surface area contributed by atoms with Crippen LogP contribution in [0.3, 0.4) is 0 Å². The van der Waals surface area contributed by atoms with Crippen LogP contribution >= 0.6 is 0 Å². The highest BCUT2D eigenvalue weighted by molar-refractivity contribution is 5.80. The van der Waals surface area contributed by atoms with Crippen LogP contribution in [-0.4, -0.2) is 47.0 Å². The number of urea groups is 1. The van der Waals surface area contributed by atoms with Gasteiger partial charge in [0.25, 0.3) is 0 Å². The van der Waals surface area contributed by atoms with Crippen LogP contribution in [0.1, 0.15) is 33.6 Å². The maximum Gasteiger partial charge on any atom is 0.317 e. The molecule has 0 aliphatic carbocycles. The van der Waals surface area contributed by atoms with Gasteiger partial charge >= 0.3 is 12.0 Å². The third-order valence-electron chi connectivity index (χ3n) is 3.81. The van der Waals surface area contributed by atoms with E-state index >= 15 is 0 Å². The number of amides is 3. The number of nitrogens with two attached hydrogens (primary N) is 1. The molecule has 0 aromatic heterocycles. The van der Waals surface area contributed by atoms with Crippen LogP contribution in [0, 0.1) is 11.3 Å². The minimum atomic E-state index is -1.03. The van der Waals surface area contributed by atoms with Gasteiger partial charge in [0.2, 0.25) is 5.91 Å². The van der Waals surface area contributed by atoms with Crippen LogP contribution in [0.5, 0.6) is 0 Å². The van der Waals surface area contributed by atoms with Gasteiger partial charge in [-0.05, 0) is 33.6 Å². The van der Waals surface area contributed by atoms with Crippen molar-refractivity contribution in [1.29, 1.82) is 0 Å². The number of nitrogens with zero attached hydrogens (tertiary/aromatic N) is 1. The van der Waals surface area contributed by atoms with E-state index in [2.05, 4.69) is 5.32 Å². The summed E-state index contributed by atoms with van der Waals surface area (Å²) >= 11 is 0. The zero-order valence-electron chi connectivity index (χ0n) is 12.2. The molecule has 4 N–H and O–H groups in total. The van der Waals surface area contributed by atoms with E-state index < -0.39 is 17.3 Å². The third kappa shape index (κ3) is 3.85. The van der Waals surface area contributed by atoms with Crippen LogP contribution in [0.15, 0.2) is 0 Å². The third-order valence-corrected chi connectivity index (χ3v) is 3.81. The summed E-state index contributed by atoms with van der Waals surface area (Å²) in [6.07, 6.45) is 1.39. The molecule has 1 fully saturated rings. The SMILES string of the molecule is CC1CCC(C(N)=O)CN1C(=O)NCC(C)(C)C(=O)O. The number of likely N-dealkylation sites (tertiary alicyclic amines) is 1. The fraction of sp³-hybridized carbons (Fsp3) is 0.769. The summed E-state index contributed by atoms with van der Waals surface area (Å²) < 4.78 is 0.